The Morgan fingerprint density at radius 3 is 2.81 bits per heavy atom. The predicted octanol–water partition coefficient (Wildman–Crippen LogP) is 2.90. The quantitative estimate of drug-likeness (QED) is 0.286. The number of nitrogens with one attached hydrogen (secondary N) is 2. The van der Waals surface area contributed by atoms with Crippen molar-refractivity contribution < 1.29 is 4.79 Å². The van der Waals surface area contributed by atoms with Gasteiger partial charge in [0.1, 0.15) is 0 Å². The number of rotatable bonds is 6. The highest BCUT2D eigenvalue weighted by Gasteiger charge is 2.27. The molecule has 3 heterocycles. The first kappa shape index (κ1) is 23.6. The summed E-state index contributed by atoms with van der Waals surface area (Å²) >= 11 is 0. The van der Waals surface area contributed by atoms with E-state index in [4.69, 9.17) is 10.7 Å². The zero-order valence-electron chi connectivity index (χ0n) is 20.6. The topological polar surface area (TPSA) is 114 Å². The van der Waals surface area contributed by atoms with Crippen molar-refractivity contribution in [1.29, 1.82) is 0 Å². The molecule has 0 spiro atoms. The van der Waals surface area contributed by atoms with Gasteiger partial charge in [0.2, 0.25) is 5.95 Å². The molecule has 4 aromatic rings. The Morgan fingerprint density at radius 1 is 1.22 bits per heavy atom. The predicted molar refractivity (Wildman–Crippen MR) is 143 cm³/mol. The van der Waals surface area contributed by atoms with Crippen molar-refractivity contribution in [1.82, 2.24) is 24.8 Å². The molecule has 2 aromatic carbocycles. The monoisotopic (exact) mass is 482 g/mol. The zero-order valence-corrected chi connectivity index (χ0v) is 20.6. The summed E-state index contributed by atoms with van der Waals surface area (Å²) in [6, 6.07) is 10.1. The molecule has 1 aliphatic rings. The van der Waals surface area contributed by atoms with Crippen LogP contribution in [0.3, 0.4) is 0 Å². The molecule has 0 unspecified atom stereocenters. The van der Waals surface area contributed by atoms with Crippen molar-refractivity contribution in [3.05, 3.63) is 54.0 Å². The summed E-state index contributed by atoms with van der Waals surface area (Å²) in [7, 11) is 1.77. The molecule has 184 valence electrons. The van der Waals surface area contributed by atoms with Crippen LogP contribution in [-0.2, 0) is 13.1 Å². The number of benzene rings is 2. The van der Waals surface area contributed by atoms with E-state index in [-0.39, 0.29) is 11.9 Å². The number of imidazole rings is 1. The van der Waals surface area contributed by atoms with Gasteiger partial charge in [-0.1, -0.05) is 30.2 Å². The number of fused-ring (bicyclic) bond motifs is 3. The summed E-state index contributed by atoms with van der Waals surface area (Å²) in [5.74, 6) is 7.05. The number of hydrogen-bond acceptors (Lipinski definition) is 7. The van der Waals surface area contributed by atoms with Gasteiger partial charge >= 0.3 is 0 Å². The minimum absolute atomic E-state index is 0.0840. The normalized spacial score (nSPS) is 15.5. The third-order valence-corrected chi connectivity index (χ3v) is 6.56. The Labute approximate surface area is 210 Å². The molecule has 1 saturated heterocycles. The molecule has 4 N–H and O–H groups in total. The molecule has 1 amide bonds. The van der Waals surface area contributed by atoms with Crippen LogP contribution in [0.2, 0.25) is 0 Å². The van der Waals surface area contributed by atoms with Crippen molar-refractivity contribution >= 4 is 39.5 Å². The van der Waals surface area contributed by atoms with Crippen LogP contribution in [0.15, 0.2) is 42.7 Å². The maximum Gasteiger partial charge on any atom is 0.272 e. The van der Waals surface area contributed by atoms with E-state index in [1.807, 2.05) is 34.9 Å². The minimum Gasteiger partial charge on any atom is -0.371 e. The highest BCUT2D eigenvalue weighted by Crippen LogP contribution is 2.28. The second-order valence-electron chi connectivity index (χ2n) is 8.91. The standard InChI is InChI=1S/C27H30N8O/c1-3-4-14-35-24(25(29-2)33-27(35)34-13-7-8-19(28)17-34)26(36)32-16-18-15-22-23(31-12-11-30-22)21-10-6-5-9-20(18)21/h5-6,9-12,15,19,29H,7-8,13-14,16-17,28H2,1-2H3,(H,32,36)/t19-/m1/s1. The lowest BCUT2D eigenvalue weighted by atomic mass is 10.0. The lowest BCUT2D eigenvalue weighted by molar-refractivity contribution is 0.0943. The number of carbonyl (C=O) groups excluding carboxylic acids is 1. The van der Waals surface area contributed by atoms with Gasteiger partial charge in [-0.2, -0.15) is 4.98 Å². The van der Waals surface area contributed by atoms with E-state index >= 15 is 0 Å². The molecule has 2 aromatic heterocycles. The molecule has 0 aliphatic carbocycles. The smallest absolute Gasteiger partial charge is 0.272 e. The Hall–Kier alpha value is -4.16. The number of piperidine rings is 1. The number of carbonyl (C=O) groups is 1. The minimum atomic E-state index is -0.222. The molecular formula is C27H30N8O. The van der Waals surface area contributed by atoms with E-state index in [0.717, 1.165) is 46.8 Å². The fourth-order valence-corrected chi connectivity index (χ4v) is 4.87. The van der Waals surface area contributed by atoms with Crippen LogP contribution in [0.1, 0.15) is 35.8 Å². The summed E-state index contributed by atoms with van der Waals surface area (Å²) in [6.07, 6.45) is 5.35. The van der Waals surface area contributed by atoms with E-state index in [0.29, 0.717) is 37.1 Å². The molecule has 1 fully saturated rings. The summed E-state index contributed by atoms with van der Waals surface area (Å²) in [6.45, 7) is 4.04. The van der Waals surface area contributed by atoms with Crippen molar-refractivity contribution in [2.45, 2.75) is 38.9 Å². The second kappa shape index (κ2) is 10.2. The van der Waals surface area contributed by atoms with E-state index in [9.17, 15) is 4.79 Å². The number of nitrogens with zero attached hydrogens (tertiary/aromatic N) is 5. The first-order chi connectivity index (χ1) is 17.6. The Bertz CT molecular complexity index is 1480. The lowest BCUT2D eigenvalue weighted by Crippen LogP contribution is -2.44. The van der Waals surface area contributed by atoms with Gasteiger partial charge in [0.05, 0.1) is 17.6 Å². The molecule has 9 heteroatoms. The molecule has 1 atom stereocenters. The van der Waals surface area contributed by atoms with E-state index in [1.165, 1.54) is 0 Å². The van der Waals surface area contributed by atoms with Crippen LogP contribution in [-0.4, -0.2) is 51.6 Å². The highest BCUT2D eigenvalue weighted by molar-refractivity contribution is 6.05. The Morgan fingerprint density at radius 2 is 2.03 bits per heavy atom. The molecule has 0 radical (unpaired) electrons. The van der Waals surface area contributed by atoms with E-state index in [2.05, 4.69) is 37.3 Å². The molecule has 0 saturated carbocycles. The Kier molecular flexibility index (Phi) is 6.69. The van der Waals surface area contributed by atoms with Crippen LogP contribution < -0.4 is 21.3 Å². The number of hydrogen-bond donors (Lipinski definition) is 3. The van der Waals surface area contributed by atoms with Crippen molar-refractivity contribution in [2.24, 2.45) is 5.73 Å². The van der Waals surface area contributed by atoms with Gasteiger partial charge in [0, 0.05) is 50.5 Å². The molecule has 36 heavy (non-hydrogen) atoms. The molecular weight excluding hydrogens is 452 g/mol. The summed E-state index contributed by atoms with van der Waals surface area (Å²) < 4.78 is 1.89. The first-order valence-electron chi connectivity index (χ1n) is 12.2. The largest absolute Gasteiger partial charge is 0.371 e. The van der Waals surface area contributed by atoms with Crippen LogP contribution >= 0.6 is 0 Å². The number of nitrogens with two attached hydrogens (primary N) is 1. The maximum atomic E-state index is 13.6. The van der Waals surface area contributed by atoms with Gasteiger partial charge in [0.25, 0.3) is 5.91 Å². The van der Waals surface area contributed by atoms with Crippen LogP contribution in [0, 0.1) is 11.8 Å². The molecule has 9 nitrogen and oxygen atoms in total. The van der Waals surface area contributed by atoms with Crippen LogP contribution in [0.25, 0.3) is 21.8 Å². The third-order valence-electron chi connectivity index (χ3n) is 6.56. The van der Waals surface area contributed by atoms with Gasteiger partial charge in [-0.3, -0.25) is 19.3 Å². The first-order valence-corrected chi connectivity index (χ1v) is 12.2. The van der Waals surface area contributed by atoms with Crippen molar-refractivity contribution in [3.8, 4) is 11.8 Å². The summed E-state index contributed by atoms with van der Waals surface area (Å²) in [5, 5.41) is 8.25. The average Bonchev–Trinajstić information content (AvgIpc) is 3.29. The average molecular weight is 483 g/mol. The molecule has 1 aliphatic heterocycles. The maximum absolute atomic E-state index is 13.6. The fourth-order valence-electron chi connectivity index (χ4n) is 4.87. The van der Waals surface area contributed by atoms with Crippen molar-refractivity contribution in [2.75, 3.05) is 30.4 Å². The number of aromatic nitrogens is 4. The van der Waals surface area contributed by atoms with E-state index in [1.54, 1.807) is 26.4 Å². The van der Waals surface area contributed by atoms with Crippen LogP contribution in [0.4, 0.5) is 11.8 Å². The summed E-state index contributed by atoms with van der Waals surface area (Å²) in [5.41, 5.74) is 9.31. The van der Waals surface area contributed by atoms with Gasteiger partial charge in [-0.25, -0.2) is 0 Å². The number of amides is 1. The molecule has 0 bridgehead atoms. The SMILES string of the molecule is CC#CCn1c(N2CCC[C@@H](N)C2)nc(NC)c1C(=O)NCc1cc2nccnc2c2ccccc12. The number of anilines is 2. The molecule has 5 rings (SSSR count). The van der Waals surface area contributed by atoms with Gasteiger partial charge < -0.3 is 21.3 Å². The highest BCUT2D eigenvalue weighted by atomic mass is 16.2. The second-order valence-corrected chi connectivity index (χ2v) is 8.91. The zero-order chi connectivity index (χ0) is 25.1. The van der Waals surface area contributed by atoms with E-state index < -0.39 is 0 Å². The van der Waals surface area contributed by atoms with Gasteiger partial charge in [-0.15, -0.1) is 5.92 Å². The Balaban J connectivity index is 1.49. The van der Waals surface area contributed by atoms with Gasteiger partial charge in [-0.05, 0) is 36.8 Å². The summed E-state index contributed by atoms with van der Waals surface area (Å²) in [4.78, 5) is 29.5. The van der Waals surface area contributed by atoms with Crippen LogP contribution in [0.5, 0.6) is 0 Å². The van der Waals surface area contributed by atoms with Gasteiger partial charge in [0.15, 0.2) is 11.5 Å². The fraction of sp³-hybridized carbons (Fsp3) is 0.333. The third kappa shape index (κ3) is 4.43. The van der Waals surface area contributed by atoms with Crippen molar-refractivity contribution in [3.63, 3.8) is 0 Å². The lowest BCUT2D eigenvalue weighted by Gasteiger charge is -2.31.